The van der Waals surface area contributed by atoms with Crippen LogP contribution in [0, 0.1) is 0 Å². The number of hydrogen-bond acceptors (Lipinski definition) is 4. The SMILES string of the molecule is CC(C)SCC1=C(N)S(=O)(=O)N=C1. The van der Waals surface area contributed by atoms with Crippen molar-refractivity contribution in [1.82, 2.24) is 0 Å². The number of rotatable bonds is 3. The third-order valence-electron chi connectivity index (χ3n) is 1.51. The van der Waals surface area contributed by atoms with Gasteiger partial charge in [-0.15, -0.1) is 0 Å². The fraction of sp³-hybridized carbons (Fsp3) is 0.571. The average Bonchev–Trinajstić information content (AvgIpc) is 2.25. The Morgan fingerprint density at radius 3 is 2.62 bits per heavy atom. The van der Waals surface area contributed by atoms with Gasteiger partial charge in [0, 0.05) is 17.5 Å². The van der Waals surface area contributed by atoms with Crippen LogP contribution in [0.3, 0.4) is 0 Å². The van der Waals surface area contributed by atoms with Crippen LogP contribution in [0.4, 0.5) is 0 Å². The van der Waals surface area contributed by atoms with Crippen LogP contribution in [-0.4, -0.2) is 25.6 Å². The maximum absolute atomic E-state index is 11.0. The minimum Gasteiger partial charge on any atom is -0.388 e. The largest absolute Gasteiger partial charge is 0.388 e. The highest BCUT2D eigenvalue weighted by Crippen LogP contribution is 2.20. The summed E-state index contributed by atoms with van der Waals surface area (Å²) < 4.78 is 25.4. The molecular formula is C7H12N2O2S2. The second-order valence-electron chi connectivity index (χ2n) is 2.96. The minimum atomic E-state index is -3.51. The topological polar surface area (TPSA) is 72.5 Å². The molecule has 13 heavy (non-hydrogen) atoms. The summed E-state index contributed by atoms with van der Waals surface area (Å²) in [5.41, 5.74) is 6.01. The van der Waals surface area contributed by atoms with E-state index in [-0.39, 0.29) is 5.03 Å². The van der Waals surface area contributed by atoms with Gasteiger partial charge in [-0.2, -0.15) is 24.6 Å². The van der Waals surface area contributed by atoms with E-state index in [1.807, 2.05) is 13.8 Å². The van der Waals surface area contributed by atoms with Crippen LogP contribution in [0.5, 0.6) is 0 Å². The lowest BCUT2D eigenvalue weighted by atomic mass is 10.4. The van der Waals surface area contributed by atoms with Crippen LogP contribution < -0.4 is 5.73 Å². The van der Waals surface area contributed by atoms with Gasteiger partial charge in [-0.3, -0.25) is 0 Å². The van der Waals surface area contributed by atoms with Gasteiger partial charge in [-0.05, 0) is 5.25 Å². The Morgan fingerprint density at radius 1 is 1.62 bits per heavy atom. The molecule has 0 radical (unpaired) electrons. The quantitative estimate of drug-likeness (QED) is 0.760. The van der Waals surface area contributed by atoms with Crippen molar-refractivity contribution in [3.05, 3.63) is 10.6 Å². The minimum absolute atomic E-state index is 0.0966. The fourth-order valence-corrected chi connectivity index (χ4v) is 2.45. The predicted octanol–water partition coefficient (Wildman–Crippen LogP) is 0.713. The molecule has 0 atom stereocenters. The van der Waals surface area contributed by atoms with Crippen LogP contribution in [0.25, 0.3) is 0 Å². The lowest BCUT2D eigenvalue weighted by Gasteiger charge is -2.03. The van der Waals surface area contributed by atoms with Gasteiger partial charge >= 0.3 is 0 Å². The summed E-state index contributed by atoms with van der Waals surface area (Å²) in [5, 5.41) is 0.359. The lowest BCUT2D eigenvalue weighted by molar-refractivity contribution is 0.604. The standard InChI is InChI=1S/C7H12N2O2S2/c1-5(2)12-4-6-3-9-13(10,11)7(6)8/h3,5H,4,8H2,1-2H3. The monoisotopic (exact) mass is 220 g/mol. The molecule has 0 saturated heterocycles. The van der Waals surface area contributed by atoms with E-state index in [1.54, 1.807) is 11.8 Å². The molecule has 1 rings (SSSR count). The average molecular weight is 220 g/mol. The van der Waals surface area contributed by atoms with Crippen LogP contribution in [0.2, 0.25) is 0 Å². The van der Waals surface area contributed by atoms with Gasteiger partial charge in [-0.25, -0.2) is 0 Å². The second-order valence-corrected chi connectivity index (χ2v) is 6.12. The molecule has 74 valence electrons. The highest BCUT2D eigenvalue weighted by atomic mass is 32.2. The zero-order valence-corrected chi connectivity index (χ0v) is 9.15. The van der Waals surface area contributed by atoms with Crippen molar-refractivity contribution in [2.45, 2.75) is 19.1 Å². The molecule has 0 aromatic rings. The van der Waals surface area contributed by atoms with E-state index in [2.05, 4.69) is 4.40 Å². The zero-order valence-electron chi connectivity index (χ0n) is 7.52. The zero-order chi connectivity index (χ0) is 10.1. The van der Waals surface area contributed by atoms with E-state index in [0.29, 0.717) is 16.6 Å². The Bertz CT molecular complexity index is 355. The molecule has 6 heteroatoms. The van der Waals surface area contributed by atoms with Gasteiger partial charge in [0.15, 0.2) is 5.03 Å². The molecule has 0 unspecified atom stereocenters. The van der Waals surface area contributed by atoms with Gasteiger partial charge in [0.1, 0.15) is 0 Å². The Labute approximate surface area is 82.4 Å². The number of nitrogens with zero attached hydrogens (tertiary/aromatic N) is 1. The molecule has 0 amide bonds. The molecule has 0 aliphatic carbocycles. The van der Waals surface area contributed by atoms with Gasteiger partial charge in [0.2, 0.25) is 0 Å². The summed E-state index contributed by atoms with van der Waals surface area (Å²) in [6, 6.07) is 0. The Hall–Kier alpha value is -0.490. The summed E-state index contributed by atoms with van der Waals surface area (Å²) in [6.07, 6.45) is 1.33. The highest BCUT2D eigenvalue weighted by Gasteiger charge is 2.22. The van der Waals surface area contributed by atoms with Crippen molar-refractivity contribution >= 4 is 28.0 Å². The van der Waals surface area contributed by atoms with Gasteiger partial charge in [0.25, 0.3) is 10.0 Å². The van der Waals surface area contributed by atoms with E-state index in [1.165, 1.54) is 6.21 Å². The van der Waals surface area contributed by atoms with Gasteiger partial charge < -0.3 is 5.73 Å². The van der Waals surface area contributed by atoms with Crippen LogP contribution in [-0.2, 0) is 10.0 Å². The lowest BCUT2D eigenvalue weighted by Crippen LogP contribution is -2.09. The van der Waals surface area contributed by atoms with Gasteiger partial charge in [0.05, 0.1) is 0 Å². The van der Waals surface area contributed by atoms with Crippen molar-refractivity contribution in [3.8, 4) is 0 Å². The number of hydrogen-bond donors (Lipinski definition) is 1. The van der Waals surface area contributed by atoms with Crippen LogP contribution in [0.15, 0.2) is 15.0 Å². The Balaban J connectivity index is 2.73. The Morgan fingerprint density at radius 2 is 2.23 bits per heavy atom. The molecule has 0 spiro atoms. The fourth-order valence-electron chi connectivity index (χ4n) is 0.784. The number of sulfonamides is 1. The highest BCUT2D eigenvalue weighted by molar-refractivity contribution is 8.00. The van der Waals surface area contributed by atoms with Crippen molar-refractivity contribution in [3.63, 3.8) is 0 Å². The molecular weight excluding hydrogens is 208 g/mol. The summed E-state index contributed by atoms with van der Waals surface area (Å²) in [6.45, 7) is 4.09. The van der Waals surface area contributed by atoms with E-state index in [0.717, 1.165) is 0 Å². The number of nitrogens with two attached hydrogens (primary N) is 1. The van der Waals surface area contributed by atoms with Crippen molar-refractivity contribution in [1.29, 1.82) is 0 Å². The van der Waals surface area contributed by atoms with E-state index >= 15 is 0 Å². The molecule has 0 aromatic carbocycles. The molecule has 1 aliphatic rings. The first-order chi connectivity index (χ1) is 5.93. The molecule has 1 heterocycles. The van der Waals surface area contributed by atoms with Crippen molar-refractivity contribution in [2.24, 2.45) is 10.1 Å². The first-order valence-electron chi connectivity index (χ1n) is 3.84. The normalized spacial score (nSPS) is 20.2. The van der Waals surface area contributed by atoms with Gasteiger partial charge in [-0.1, -0.05) is 13.8 Å². The second kappa shape index (κ2) is 3.71. The predicted molar refractivity (Wildman–Crippen MR) is 56.2 cm³/mol. The third-order valence-corrected chi connectivity index (χ3v) is 3.86. The van der Waals surface area contributed by atoms with E-state index in [9.17, 15) is 8.42 Å². The maximum atomic E-state index is 11.0. The summed E-state index contributed by atoms with van der Waals surface area (Å²) in [7, 11) is -3.51. The molecule has 0 fully saturated rings. The molecule has 0 saturated carbocycles. The third kappa shape index (κ3) is 2.47. The smallest absolute Gasteiger partial charge is 0.297 e. The summed E-state index contributed by atoms with van der Waals surface area (Å²) in [5.74, 6) is 0.603. The number of thioether (sulfide) groups is 1. The van der Waals surface area contributed by atoms with Crippen molar-refractivity contribution < 1.29 is 8.42 Å². The first kappa shape index (κ1) is 10.6. The van der Waals surface area contributed by atoms with E-state index in [4.69, 9.17) is 5.73 Å². The maximum Gasteiger partial charge on any atom is 0.297 e. The first-order valence-corrected chi connectivity index (χ1v) is 6.33. The van der Waals surface area contributed by atoms with Crippen LogP contribution in [0.1, 0.15) is 13.8 Å². The molecule has 4 nitrogen and oxygen atoms in total. The van der Waals surface area contributed by atoms with Crippen molar-refractivity contribution in [2.75, 3.05) is 5.75 Å². The summed E-state index contributed by atoms with van der Waals surface area (Å²) >= 11 is 1.64. The van der Waals surface area contributed by atoms with E-state index < -0.39 is 10.0 Å². The summed E-state index contributed by atoms with van der Waals surface area (Å²) in [4.78, 5) is 0. The molecule has 0 bridgehead atoms. The Kier molecular flexibility index (Phi) is 3.02. The van der Waals surface area contributed by atoms with Crippen LogP contribution >= 0.6 is 11.8 Å². The molecule has 1 aliphatic heterocycles. The molecule has 2 N–H and O–H groups in total. The molecule has 0 aromatic heterocycles.